The van der Waals surface area contributed by atoms with Crippen molar-refractivity contribution in [3.05, 3.63) is 23.9 Å². The van der Waals surface area contributed by atoms with E-state index in [1.165, 1.54) is 20.4 Å². The van der Waals surface area contributed by atoms with Crippen LogP contribution in [0.4, 0.5) is 0 Å². The summed E-state index contributed by atoms with van der Waals surface area (Å²) < 4.78 is 9.45. The zero-order valence-corrected chi connectivity index (χ0v) is 9.51. The molecule has 2 unspecified atom stereocenters. The Morgan fingerprint density at radius 1 is 1.44 bits per heavy atom. The minimum Gasteiger partial charge on any atom is -0.481 e. The van der Waals surface area contributed by atoms with Crippen molar-refractivity contribution in [1.29, 1.82) is 0 Å². The molecular weight excluding hydrogens is 210 g/mol. The number of methoxy groups -OCH3 is 2. The molecule has 5 nitrogen and oxygen atoms in total. The van der Waals surface area contributed by atoms with Gasteiger partial charge in [0.1, 0.15) is 0 Å². The first-order valence-electron chi connectivity index (χ1n) is 4.86. The van der Waals surface area contributed by atoms with E-state index >= 15 is 0 Å². The van der Waals surface area contributed by atoms with E-state index in [0.717, 1.165) is 0 Å². The maximum Gasteiger partial charge on any atom is 0.311 e. The monoisotopic (exact) mass is 225 g/mol. The number of aliphatic hydroxyl groups excluding tert-OH is 1. The number of hydrogen-bond donors (Lipinski definition) is 1. The summed E-state index contributed by atoms with van der Waals surface area (Å²) in [6.07, 6.45) is 0.550. The molecule has 1 N–H and O–H groups in total. The third kappa shape index (κ3) is 2.70. The van der Waals surface area contributed by atoms with Crippen molar-refractivity contribution in [2.75, 3.05) is 14.2 Å². The van der Waals surface area contributed by atoms with Gasteiger partial charge in [-0.05, 0) is 18.6 Å². The van der Waals surface area contributed by atoms with Crippen molar-refractivity contribution < 1.29 is 19.4 Å². The fourth-order valence-corrected chi connectivity index (χ4v) is 1.29. The fraction of sp³-hybridized carbons (Fsp3) is 0.455. The van der Waals surface area contributed by atoms with Crippen LogP contribution in [0.1, 0.15) is 18.6 Å². The lowest BCUT2D eigenvalue weighted by molar-refractivity contribution is -0.148. The van der Waals surface area contributed by atoms with Gasteiger partial charge in [0.05, 0.1) is 26.2 Å². The van der Waals surface area contributed by atoms with Crippen molar-refractivity contribution >= 4 is 5.97 Å². The second-order valence-electron chi connectivity index (χ2n) is 3.39. The lowest BCUT2D eigenvalue weighted by Gasteiger charge is -2.16. The molecule has 2 atom stereocenters. The number of rotatable bonds is 4. The summed E-state index contributed by atoms with van der Waals surface area (Å²) in [5.74, 6) is -0.620. The highest BCUT2D eigenvalue weighted by atomic mass is 16.5. The number of ether oxygens (including phenoxy) is 2. The number of aromatic nitrogens is 1. The predicted octanol–water partition coefficient (Wildman–Crippen LogP) is 0.933. The molecule has 0 saturated heterocycles. The molecule has 5 heteroatoms. The number of carbonyl (C=O) groups excluding carboxylic acids is 1. The highest BCUT2D eigenvalue weighted by molar-refractivity contribution is 5.72. The van der Waals surface area contributed by atoms with Gasteiger partial charge >= 0.3 is 5.97 Å². The third-order valence-corrected chi connectivity index (χ3v) is 2.36. The molecule has 0 saturated carbocycles. The van der Waals surface area contributed by atoms with E-state index in [-0.39, 0.29) is 0 Å². The number of pyridine rings is 1. The molecule has 0 radical (unpaired) electrons. The lowest BCUT2D eigenvalue weighted by Crippen LogP contribution is -2.20. The summed E-state index contributed by atoms with van der Waals surface area (Å²) in [5, 5.41) is 9.87. The van der Waals surface area contributed by atoms with Crippen LogP contribution in [0.15, 0.2) is 18.3 Å². The number of aliphatic hydroxyl groups is 1. The topological polar surface area (TPSA) is 68.7 Å². The van der Waals surface area contributed by atoms with E-state index in [0.29, 0.717) is 11.4 Å². The van der Waals surface area contributed by atoms with Gasteiger partial charge in [-0.25, -0.2) is 4.98 Å². The van der Waals surface area contributed by atoms with Crippen LogP contribution in [0.2, 0.25) is 0 Å². The summed E-state index contributed by atoms with van der Waals surface area (Å²) in [5.41, 5.74) is 0.554. The molecule has 0 aliphatic rings. The van der Waals surface area contributed by atoms with Crippen molar-refractivity contribution in [3.8, 4) is 5.88 Å². The molecular formula is C11H15NO4. The predicted molar refractivity (Wildman–Crippen MR) is 56.9 cm³/mol. The van der Waals surface area contributed by atoms with Gasteiger partial charge in [-0.3, -0.25) is 4.79 Å². The second-order valence-corrected chi connectivity index (χ2v) is 3.39. The molecule has 0 aliphatic heterocycles. The first-order chi connectivity index (χ1) is 7.60. The van der Waals surface area contributed by atoms with Crippen LogP contribution in [0.25, 0.3) is 0 Å². The largest absolute Gasteiger partial charge is 0.481 e. The number of hydrogen-bond acceptors (Lipinski definition) is 5. The summed E-state index contributed by atoms with van der Waals surface area (Å²) in [7, 11) is 2.80. The van der Waals surface area contributed by atoms with Gasteiger partial charge in [-0.1, -0.05) is 0 Å². The Labute approximate surface area is 94.0 Å². The van der Waals surface area contributed by atoms with E-state index in [2.05, 4.69) is 9.72 Å². The van der Waals surface area contributed by atoms with E-state index in [1.54, 1.807) is 19.1 Å². The van der Waals surface area contributed by atoms with Gasteiger partial charge in [0.15, 0.2) is 0 Å². The molecule has 0 bridgehead atoms. The van der Waals surface area contributed by atoms with Gasteiger partial charge in [-0.15, -0.1) is 0 Å². The van der Waals surface area contributed by atoms with Crippen LogP contribution in [-0.2, 0) is 9.53 Å². The zero-order valence-electron chi connectivity index (χ0n) is 9.51. The normalized spacial score (nSPS) is 14.0. The molecule has 88 valence electrons. The van der Waals surface area contributed by atoms with Crippen molar-refractivity contribution in [2.45, 2.75) is 13.0 Å². The molecule has 16 heavy (non-hydrogen) atoms. The summed E-state index contributed by atoms with van der Waals surface area (Å²) in [4.78, 5) is 15.2. The first kappa shape index (κ1) is 12.4. The molecule has 0 fully saturated rings. The van der Waals surface area contributed by atoms with Crippen LogP contribution in [0.3, 0.4) is 0 Å². The van der Waals surface area contributed by atoms with Gasteiger partial charge in [0.2, 0.25) is 5.88 Å². The molecule has 1 aromatic rings. The van der Waals surface area contributed by atoms with E-state index < -0.39 is 18.0 Å². The average Bonchev–Trinajstić information content (AvgIpc) is 2.36. The Hall–Kier alpha value is -1.62. The van der Waals surface area contributed by atoms with Crippen LogP contribution in [-0.4, -0.2) is 30.3 Å². The minimum atomic E-state index is -0.925. The van der Waals surface area contributed by atoms with Gasteiger partial charge < -0.3 is 14.6 Å². The Kier molecular flexibility index (Phi) is 4.25. The maximum absolute atomic E-state index is 11.2. The minimum absolute atomic E-state index is 0.455. The Balaban J connectivity index is 2.79. The third-order valence-electron chi connectivity index (χ3n) is 2.36. The molecule has 0 amide bonds. The zero-order chi connectivity index (χ0) is 12.1. The maximum atomic E-state index is 11.2. The van der Waals surface area contributed by atoms with Crippen LogP contribution in [0.5, 0.6) is 5.88 Å². The summed E-state index contributed by atoms with van der Waals surface area (Å²) in [6.45, 7) is 1.60. The lowest BCUT2D eigenvalue weighted by atomic mass is 9.99. The van der Waals surface area contributed by atoms with Crippen LogP contribution < -0.4 is 4.74 Å². The fourth-order valence-electron chi connectivity index (χ4n) is 1.29. The van der Waals surface area contributed by atoms with Crippen LogP contribution >= 0.6 is 0 Å². The van der Waals surface area contributed by atoms with Crippen molar-refractivity contribution in [2.24, 2.45) is 5.92 Å². The quantitative estimate of drug-likeness (QED) is 0.772. The molecule has 0 spiro atoms. The SMILES string of the molecule is COC(=O)C(C)C(O)c1ccc(OC)nc1. The van der Waals surface area contributed by atoms with Gasteiger partial charge in [-0.2, -0.15) is 0 Å². The summed E-state index contributed by atoms with van der Waals surface area (Å²) >= 11 is 0. The van der Waals surface area contributed by atoms with Crippen molar-refractivity contribution in [3.63, 3.8) is 0 Å². The Morgan fingerprint density at radius 2 is 2.12 bits per heavy atom. The second kappa shape index (κ2) is 5.46. The molecule has 1 rings (SSSR count). The van der Waals surface area contributed by atoms with E-state index in [9.17, 15) is 9.90 Å². The highest BCUT2D eigenvalue weighted by Crippen LogP contribution is 2.23. The molecule has 1 aromatic heterocycles. The highest BCUT2D eigenvalue weighted by Gasteiger charge is 2.24. The number of carbonyl (C=O) groups is 1. The molecule has 1 heterocycles. The summed E-state index contributed by atoms with van der Waals surface area (Å²) in [6, 6.07) is 3.29. The van der Waals surface area contributed by atoms with Gasteiger partial charge in [0.25, 0.3) is 0 Å². The Morgan fingerprint density at radius 3 is 2.56 bits per heavy atom. The average molecular weight is 225 g/mol. The van der Waals surface area contributed by atoms with Crippen molar-refractivity contribution in [1.82, 2.24) is 4.98 Å². The standard InChI is InChI=1S/C11H15NO4/c1-7(11(14)16-3)10(13)8-4-5-9(15-2)12-6-8/h4-7,10,13H,1-3H3. The van der Waals surface area contributed by atoms with E-state index in [1.807, 2.05) is 0 Å². The van der Waals surface area contributed by atoms with E-state index in [4.69, 9.17) is 4.74 Å². The molecule has 0 aromatic carbocycles. The van der Waals surface area contributed by atoms with Crippen LogP contribution in [0, 0.1) is 5.92 Å². The molecule has 0 aliphatic carbocycles. The van der Waals surface area contributed by atoms with Gasteiger partial charge in [0, 0.05) is 12.3 Å². The first-order valence-corrected chi connectivity index (χ1v) is 4.86. The smallest absolute Gasteiger partial charge is 0.311 e. The number of nitrogens with zero attached hydrogens (tertiary/aromatic N) is 1. The number of esters is 1. The Bertz CT molecular complexity index is 350.